The molecule has 0 bridgehead atoms. The number of nitrogens with one attached hydrogen (secondary N) is 2. The molecule has 0 aromatic heterocycles. The Bertz CT molecular complexity index is 714. The molecule has 0 radical (unpaired) electrons. The van der Waals surface area contributed by atoms with E-state index in [9.17, 15) is 18.8 Å². The topological polar surface area (TPSA) is 81.8 Å². The van der Waals surface area contributed by atoms with Crippen molar-refractivity contribution in [3.05, 3.63) is 35.6 Å². The van der Waals surface area contributed by atoms with E-state index < -0.39 is 23.3 Å². The van der Waals surface area contributed by atoms with E-state index in [-0.39, 0.29) is 30.9 Å². The summed E-state index contributed by atoms with van der Waals surface area (Å²) in [5.74, 6) is -1.20. The van der Waals surface area contributed by atoms with E-state index in [1.807, 2.05) is 6.92 Å². The Morgan fingerprint density at radius 3 is 2.58 bits per heavy atom. The minimum Gasteiger partial charge on any atom is -0.336 e. The maximum Gasteiger partial charge on any atom is 0.325 e. The molecule has 0 saturated carbocycles. The minimum atomic E-state index is -1.31. The van der Waals surface area contributed by atoms with Crippen LogP contribution >= 0.6 is 12.4 Å². The molecule has 2 saturated heterocycles. The highest BCUT2D eigenvalue weighted by atomic mass is 35.5. The number of carbonyl (C=O) groups excluding carboxylic acids is 3. The van der Waals surface area contributed by atoms with Gasteiger partial charge in [0.15, 0.2) is 0 Å². The van der Waals surface area contributed by atoms with Gasteiger partial charge in [0.2, 0.25) is 5.91 Å². The van der Waals surface area contributed by atoms with E-state index in [1.165, 1.54) is 24.3 Å². The van der Waals surface area contributed by atoms with E-state index in [0.29, 0.717) is 25.2 Å². The summed E-state index contributed by atoms with van der Waals surface area (Å²) in [7, 11) is 0. The number of rotatable bonds is 3. The maximum absolute atomic E-state index is 13.1. The molecular formula is C17H22ClFN4O3. The van der Waals surface area contributed by atoms with Gasteiger partial charge in [0.05, 0.1) is 0 Å². The average Bonchev–Trinajstić information content (AvgIpc) is 2.80. The lowest BCUT2D eigenvalue weighted by Crippen LogP contribution is -2.55. The van der Waals surface area contributed by atoms with Crippen LogP contribution in [0, 0.1) is 5.82 Å². The Labute approximate surface area is 157 Å². The highest BCUT2D eigenvalue weighted by Crippen LogP contribution is 2.29. The van der Waals surface area contributed by atoms with Crippen LogP contribution in [0.15, 0.2) is 24.3 Å². The second-order valence-corrected chi connectivity index (χ2v) is 6.59. The first-order chi connectivity index (χ1) is 11.8. The normalized spacial score (nSPS) is 25.7. The SMILES string of the molecule is C[C@H]1CNCCN1C(=O)CN1C(=O)NC(C)(c2ccc(F)cc2)C1=O.Cl. The van der Waals surface area contributed by atoms with Crippen LogP contribution in [0.4, 0.5) is 9.18 Å². The largest absolute Gasteiger partial charge is 0.336 e. The van der Waals surface area contributed by atoms with Gasteiger partial charge in [-0.3, -0.25) is 14.5 Å². The van der Waals surface area contributed by atoms with Crippen LogP contribution in [-0.4, -0.2) is 59.9 Å². The number of benzene rings is 1. The van der Waals surface area contributed by atoms with Gasteiger partial charge in [-0.05, 0) is 31.5 Å². The number of amides is 4. The molecule has 2 N–H and O–H groups in total. The molecule has 1 aromatic rings. The summed E-state index contributed by atoms with van der Waals surface area (Å²) in [5, 5.41) is 5.80. The van der Waals surface area contributed by atoms with Crippen molar-refractivity contribution in [3.8, 4) is 0 Å². The quantitative estimate of drug-likeness (QED) is 0.756. The molecule has 2 aliphatic rings. The van der Waals surface area contributed by atoms with Crippen LogP contribution in [0.25, 0.3) is 0 Å². The smallest absolute Gasteiger partial charge is 0.325 e. The lowest BCUT2D eigenvalue weighted by Gasteiger charge is -2.34. The van der Waals surface area contributed by atoms with E-state index in [1.54, 1.807) is 11.8 Å². The molecule has 4 amide bonds. The molecule has 2 atom stereocenters. The van der Waals surface area contributed by atoms with Crippen LogP contribution in [0.5, 0.6) is 0 Å². The van der Waals surface area contributed by atoms with Crippen LogP contribution in [0.1, 0.15) is 19.4 Å². The van der Waals surface area contributed by atoms with Crippen molar-refractivity contribution in [1.29, 1.82) is 0 Å². The molecule has 1 aromatic carbocycles. The zero-order valence-electron chi connectivity index (χ0n) is 14.6. The second-order valence-electron chi connectivity index (χ2n) is 6.59. The molecule has 9 heteroatoms. The van der Waals surface area contributed by atoms with Crippen molar-refractivity contribution in [2.75, 3.05) is 26.2 Å². The number of urea groups is 1. The van der Waals surface area contributed by atoms with Gasteiger partial charge >= 0.3 is 6.03 Å². The van der Waals surface area contributed by atoms with Crippen molar-refractivity contribution in [1.82, 2.24) is 20.4 Å². The first-order valence-electron chi connectivity index (χ1n) is 8.23. The summed E-state index contributed by atoms with van der Waals surface area (Å²) < 4.78 is 13.1. The zero-order valence-corrected chi connectivity index (χ0v) is 15.4. The Morgan fingerprint density at radius 1 is 1.31 bits per heavy atom. The molecule has 142 valence electrons. The van der Waals surface area contributed by atoms with Gasteiger partial charge in [-0.15, -0.1) is 12.4 Å². The van der Waals surface area contributed by atoms with Gasteiger partial charge in [-0.2, -0.15) is 0 Å². The summed E-state index contributed by atoms with van der Waals surface area (Å²) in [6.07, 6.45) is 0. The average molecular weight is 385 g/mol. The number of imide groups is 1. The van der Waals surface area contributed by atoms with Gasteiger partial charge < -0.3 is 15.5 Å². The second kappa shape index (κ2) is 7.59. The highest BCUT2D eigenvalue weighted by molar-refractivity contribution is 6.09. The summed E-state index contributed by atoms with van der Waals surface area (Å²) in [6, 6.07) is 4.76. The first kappa shape index (κ1) is 20.1. The Morgan fingerprint density at radius 2 is 1.96 bits per heavy atom. The van der Waals surface area contributed by atoms with Crippen molar-refractivity contribution in [2.45, 2.75) is 25.4 Å². The molecule has 2 heterocycles. The zero-order chi connectivity index (χ0) is 18.2. The van der Waals surface area contributed by atoms with Crippen LogP contribution in [0.3, 0.4) is 0 Å². The number of nitrogens with zero attached hydrogens (tertiary/aromatic N) is 2. The molecule has 7 nitrogen and oxygen atoms in total. The first-order valence-corrected chi connectivity index (χ1v) is 8.23. The molecule has 2 fully saturated rings. The lowest BCUT2D eigenvalue weighted by molar-refractivity contribution is -0.140. The number of piperazine rings is 1. The van der Waals surface area contributed by atoms with Gasteiger partial charge in [-0.1, -0.05) is 12.1 Å². The lowest BCUT2D eigenvalue weighted by atomic mass is 9.92. The Hall–Kier alpha value is -2.19. The van der Waals surface area contributed by atoms with Crippen molar-refractivity contribution in [2.24, 2.45) is 0 Å². The van der Waals surface area contributed by atoms with E-state index in [0.717, 1.165) is 4.90 Å². The molecule has 3 rings (SSSR count). The Balaban J connectivity index is 0.00000243. The van der Waals surface area contributed by atoms with E-state index in [2.05, 4.69) is 10.6 Å². The number of hydrogen-bond donors (Lipinski definition) is 2. The summed E-state index contributed by atoms with van der Waals surface area (Å²) in [4.78, 5) is 40.2. The minimum absolute atomic E-state index is 0. The van der Waals surface area contributed by atoms with E-state index >= 15 is 0 Å². The predicted octanol–water partition coefficient (Wildman–Crippen LogP) is 0.835. The van der Waals surface area contributed by atoms with E-state index in [4.69, 9.17) is 0 Å². The van der Waals surface area contributed by atoms with Crippen molar-refractivity contribution >= 4 is 30.3 Å². The van der Waals surface area contributed by atoms with Gasteiger partial charge in [0.25, 0.3) is 5.91 Å². The molecule has 1 unspecified atom stereocenters. The number of hydrogen-bond acceptors (Lipinski definition) is 4. The van der Waals surface area contributed by atoms with Crippen molar-refractivity contribution in [3.63, 3.8) is 0 Å². The molecule has 0 aliphatic carbocycles. The highest BCUT2D eigenvalue weighted by Gasteiger charge is 2.49. The molecule has 26 heavy (non-hydrogen) atoms. The summed E-state index contributed by atoms with van der Waals surface area (Å²) >= 11 is 0. The Kier molecular flexibility index (Phi) is 5.87. The standard InChI is InChI=1S/C17H21FN4O3.ClH/c1-11-9-19-7-8-21(11)14(23)10-22-15(24)17(2,20-16(22)25)12-3-5-13(18)6-4-12;/h3-6,11,19H,7-10H2,1-2H3,(H,20,25);1H/t11-,17?;/m0./s1. The predicted molar refractivity (Wildman–Crippen MR) is 95.3 cm³/mol. The molecule has 2 aliphatic heterocycles. The van der Waals surface area contributed by atoms with Crippen molar-refractivity contribution < 1.29 is 18.8 Å². The number of halogens is 2. The van der Waals surface area contributed by atoms with Gasteiger partial charge in [-0.25, -0.2) is 9.18 Å². The monoisotopic (exact) mass is 384 g/mol. The maximum atomic E-state index is 13.1. The summed E-state index contributed by atoms with van der Waals surface area (Å²) in [6.45, 7) is 5.07. The van der Waals surface area contributed by atoms with Crippen LogP contribution < -0.4 is 10.6 Å². The molecule has 0 spiro atoms. The summed E-state index contributed by atoms with van der Waals surface area (Å²) in [5.41, 5.74) is -0.835. The van der Waals surface area contributed by atoms with Gasteiger partial charge in [0, 0.05) is 25.7 Å². The van der Waals surface area contributed by atoms with Gasteiger partial charge in [0.1, 0.15) is 17.9 Å². The third-order valence-corrected chi connectivity index (χ3v) is 4.81. The third-order valence-electron chi connectivity index (χ3n) is 4.81. The fraction of sp³-hybridized carbons (Fsp3) is 0.471. The third kappa shape index (κ3) is 3.52. The fourth-order valence-corrected chi connectivity index (χ4v) is 3.26. The fourth-order valence-electron chi connectivity index (χ4n) is 3.26. The number of carbonyl (C=O) groups is 3. The van der Waals surface area contributed by atoms with Crippen LogP contribution in [-0.2, 0) is 15.1 Å². The molecular weight excluding hydrogens is 363 g/mol. The van der Waals surface area contributed by atoms with Crippen LogP contribution in [0.2, 0.25) is 0 Å².